The van der Waals surface area contributed by atoms with Crippen LogP contribution in [0.1, 0.15) is 26.2 Å². The fourth-order valence-electron chi connectivity index (χ4n) is 2.94. The van der Waals surface area contributed by atoms with Crippen LogP contribution in [0.2, 0.25) is 0 Å². The predicted molar refractivity (Wildman–Crippen MR) is 81.4 cm³/mol. The summed E-state index contributed by atoms with van der Waals surface area (Å²) in [5.74, 6) is 0.827. The zero-order chi connectivity index (χ0) is 13.2. The molecular weight excluding hydrogens is 234 g/mol. The van der Waals surface area contributed by atoms with Crippen molar-refractivity contribution in [3.8, 4) is 0 Å². The minimum atomic E-state index is 0.827. The topological polar surface area (TPSA) is 42.2 Å². The Morgan fingerprint density at radius 1 is 1.21 bits per heavy atom. The van der Waals surface area contributed by atoms with E-state index in [1.165, 1.54) is 24.9 Å². The molecule has 0 spiro atoms. The number of rotatable bonds is 1. The fourth-order valence-corrected chi connectivity index (χ4v) is 2.94. The highest BCUT2D eigenvalue weighted by Gasteiger charge is 2.17. The number of nitrogens with zero attached hydrogens (tertiary/aromatic N) is 2. The van der Waals surface area contributed by atoms with Gasteiger partial charge >= 0.3 is 0 Å². The Balaban J connectivity index is 1.98. The first kappa shape index (κ1) is 12.3. The number of hydrogen-bond acceptors (Lipinski definition) is 3. The summed E-state index contributed by atoms with van der Waals surface area (Å²) in [5, 5.41) is 1.07. The summed E-state index contributed by atoms with van der Waals surface area (Å²) in [6, 6.07) is 8.21. The maximum atomic E-state index is 6.35. The predicted octanol–water partition coefficient (Wildman–Crippen LogP) is 3.44. The molecule has 100 valence electrons. The van der Waals surface area contributed by atoms with Gasteiger partial charge in [0.05, 0.1) is 16.9 Å². The molecule has 2 aromatic rings. The first-order valence-corrected chi connectivity index (χ1v) is 7.14. The summed E-state index contributed by atoms with van der Waals surface area (Å²) in [7, 11) is 0. The molecule has 1 aliphatic heterocycles. The molecule has 1 fully saturated rings. The fraction of sp³-hybridized carbons (Fsp3) is 0.438. The van der Waals surface area contributed by atoms with Gasteiger partial charge in [-0.3, -0.25) is 4.98 Å². The first-order chi connectivity index (χ1) is 9.25. The van der Waals surface area contributed by atoms with Crippen molar-refractivity contribution in [2.75, 3.05) is 23.7 Å². The summed E-state index contributed by atoms with van der Waals surface area (Å²) < 4.78 is 0. The molecule has 0 saturated carbocycles. The molecule has 1 aromatic carbocycles. The molecule has 1 saturated heterocycles. The van der Waals surface area contributed by atoms with Crippen LogP contribution in [0.25, 0.3) is 10.9 Å². The van der Waals surface area contributed by atoms with E-state index in [0.717, 1.165) is 35.6 Å². The van der Waals surface area contributed by atoms with Gasteiger partial charge in [0.15, 0.2) is 0 Å². The van der Waals surface area contributed by atoms with Crippen LogP contribution in [-0.2, 0) is 0 Å². The zero-order valence-electron chi connectivity index (χ0n) is 11.5. The van der Waals surface area contributed by atoms with Crippen LogP contribution in [0.4, 0.5) is 11.4 Å². The molecule has 3 heteroatoms. The standard InChI is InChI=1S/C16H21N3/c1-12-4-3-10-19(11-8-12)15-7-6-14-13(16(15)17)5-2-9-18-14/h2,5-7,9,12H,3-4,8,10-11,17H2,1H3. The van der Waals surface area contributed by atoms with Gasteiger partial charge in [-0.25, -0.2) is 0 Å². The molecule has 1 aromatic heterocycles. The van der Waals surface area contributed by atoms with E-state index in [1.807, 2.05) is 12.3 Å². The van der Waals surface area contributed by atoms with Crippen LogP contribution in [0, 0.1) is 5.92 Å². The largest absolute Gasteiger partial charge is 0.396 e. The lowest BCUT2D eigenvalue weighted by atomic mass is 10.0. The van der Waals surface area contributed by atoms with Crippen molar-refractivity contribution in [2.45, 2.75) is 26.2 Å². The number of hydrogen-bond donors (Lipinski definition) is 1. The van der Waals surface area contributed by atoms with Crippen molar-refractivity contribution in [1.82, 2.24) is 4.98 Å². The number of nitrogens with two attached hydrogens (primary N) is 1. The number of anilines is 2. The second-order valence-electron chi connectivity index (χ2n) is 5.59. The number of aromatic nitrogens is 1. The lowest BCUT2D eigenvalue weighted by molar-refractivity contribution is 0.521. The van der Waals surface area contributed by atoms with Gasteiger partial charge < -0.3 is 10.6 Å². The van der Waals surface area contributed by atoms with Crippen molar-refractivity contribution in [2.24, 2.45) is 5.92 Å². The summed E-state index contributed by atoms with van der Waals surface area (Å²) in [6.45, 7) is 4.56. The zero-order valence-corrected chi connectivity index (χ0v) is 11.5. The molecule has 3 rings (SSSR count). The number of pyridine rings is 1. The maximum Gasteiger partial charge on any atom is 0.0724 e. The monoisotopic (exact) mass is 255 g/mol. The average molecular weight is 255 g/mol. The second-order valence-corrected chi connectivity index (χ2v) is 5.59. The third-order valence-corrected chi connectivity index (χ3v) is 4.16. The van der Waals surface area contributed by atoms with Crippen LogP contribution in [0.15, 0.2) is 30.5 Å². The Hall–Kier alpha value is -1.77. The summed E-state index contributed by atoms with van der Waals surface area (Å²) >= 11 is 0. The molecule has 0 amide bonds. The highest BCUT2D eigenvalue weighted by molar-refractivity contribution is 5.97. The van der Waals surface area contributed by atoms with Gasteiger partial charge in [0.25, 0.3) is 0 Å². The molecule has 2 heterocycles. The summed E-state index contributed by atoms with van der Waals surface area (Å²) in [5.41, 5.74) is 9.38. The second kappa shape index (κ2) is 5.08. The smallest absolute Gasteiger partial charge is 0.0724 e. The van der Waals surface area contributed by atoms with Gasteiger partial charge in [0, 0.05) is 24.7 Å². The molecule has 1 atom stereocenters. The van der Waals surface area contributed by atoms with Crippen molar-refractivity contribution >= 4 is 22.3 Å². The van der Waals surface area contributed by atoms with Gasteiger partial charge in [-0.2, -0.15) is 0 Å². The van der Waals surface area contributed by atoms with Crippen LogP contribution in [0.5, 0.6) is 0 Å². The number of fused-ring (bicyclic) bond motifs is 1. The van der Waals surface area contributed by atoms with Gasteiger partial charge in [-0.05, 0) is 49.4 Å². The van der Waals surface area contributed by atoms with Crippen molar-refractivity contribution < 1.29 is 0 Å². The maximum absolute atomic E-state index is 6.35. The van der Waals surface area contributed by atoms with Crippen LogP contribution in [-0.4, -0.2) is 18.1 Å². The normalized spacial score (nSPS) is 20.5. The van der Waals surface area contributed by atoms with E-state index in [2.05, 4.69) is 35.0 Å². The van der Waals surface area contributed by atoms with Crippen molar-refractivity contribution in [3.63, 3.8) is 0 Å². The molecule has 0 aliphatic carbocycles. The van der Waals surface area contributed by atoms with Gasteiger partial charge in [-0.1, -0.05) is 6.92 Å². The Morgan fingerprint density at radius 3 is 3.00 bits per heavy atom. The SMILES string of the molecule is CC1CCCN(c2ccc3ncccc3c2N)CC1. The summed E-state index contributed by atoms with van der Waals surface area (Å²) in [6.07, 6.45) is 5.65. The van der Waals surface area contributed by atoms with Crippen molar-refractivity contribution in [1.29, 1.82) is 0 Å². The molecular formula is C16H21N3. The lowest BCUT2D eigenvalue weighted by Gasteiger charge is -2.25. The third-order valence-electron chi connectivity index (χ3n) is 4.16. The average Bonchev–Trinajstić information content (AvgIpc) is 2.65. The Labute approximate surface area is 114 Å². The molecule has 19 heavy (non-hydrogen) atoms. The molecule has 1 unspecified atom stereocenters. The van der Waals surface area contributed by atoms with E-state index in [1.54, 1.807) is 0 Å². The molecule has 1 aliphatic rings. The summed E-state index contributed by atoms with van der Waals surface area (Å²) in [4.78, 5) is 6.80. The Morgan fingerprint density at radius 2 is 2.11 bits per heavy atom. The van der Waals surface area contributed by atoms with Crippen LogP contribution in [0.3, 0.4) is 0 Å². The van der Waals surface area contributed by atoms with Crippen molar-refractivity contribution in [3.05, 3.63) is 30.5 Å². The Kier molecular flexibility index (Phi) is 3.28. The molecule has 0 radical (unpaired) electrons. The quantitative estimate of drug-likeness (QED) is 0.794. The highest BCUT2D eigenvalue weighted by Crippen LogP contribution is 2.32. The van der Waals surface area contributed by atoms with Gasteiger partial charge in [0.2, 0.25) is 0 Å². The number of nitrogen functional groups attached to an aromatic ring is 1. The van der Waals surface area contributed by atoms with Crippen LogP contribution >= 0.6 is 0 Å². The van der Waals surface area contributed by atoms with E-state index in [-0.39, 0.29) is 0 Å². The van der Waals surface area contributed by atoms with E-state index in [4.69, 9.17) is 5.73 Å². The Bertz CT molecular complexity index is 579. The highest BCUT2D eigenvalue weighted by atomic mass is 15.1. The lowest BCUT2D eigenvalue weighted by Crippen LogP contribution is -2.25. The van der Waals surface area contributed by atoms with Gasteiger partial charge in [-0.15, -0.1) is 0 Å². The molecule has 0 bridgehead atoms. The minimum absolute atomic E-state index is 0.827. The van der Waals surface area contributed by atoms with Crippen LogP contribution < -0.4 is 10.6 Å². The van der Waals surface area contributed by atoms with Gasteiger partial charge in [0.1, 0.15) is 0 Å². The van der Waals surface area contributed by atoms with E-state index < -0.39 is 0 Å². The van der Waals surface area contributed by atoms with E-state index >= 15 is 0 Å². The molecule has 2 N–H and O–H groups in total. The molecule has 3 nitrogen and oxygen atoms in total. The van der Waals surface area contributed by atoms with E-state index in [9.17, 15) is 0 Å². The minimum Gasteiger partial charge on any atom is -0.396 e. The van der Waals surface area contributed by atoms with E-state index in [0.29, 0.717) is 0 Å². The first-order valence-electron chi connectivity index (χ1n) is 7.14. The third kappa shape index (κ3) is 2.37. The number of benzene rings is 1.